The number of methoxy groups -OCH3 is 1. The van der Waals surface area contributed by atoms with E-state index in [9.17, 15) is 9.59 Å². The van der Waals surface area contributed by atoms with E-state index in [1.807, 2.05) is 59.5 Å². The van der Waals surface area contributed by atoms with Crippen LogP contribution in [0.5, 0.6) is 5.75 Å². The average molecular weight is 432 g/mol. The van der Waals surface area contributed by atoms with Crippen molar-refractivity contribution in [3.63, 3.8) is 0 Å². The number of anilines is 1. The van der Waals surface area contributed by atoms with Gasteiger partial charge in [-0.2, -0.15) is 0 Å². The summed E-state index contributed by atoms with van der Waals surface area (Å²) >= 11 is 0. The second kappa shape index (κ2) is 9.81. The fourth-order valence-corrected chi connectivity index (χ4v) is 4.47. The van der Waals surface area contributed by atoms with E-state index in [-0.39, 0.29) is 23.8 Å². The first-order chi connectivity index (χ1) is 15.6. The predicted octanol–water partition coefficient (Wildman–Crippen LogP) is 4.96. The molecule has 0 spiro atoms. The van der Waals surface area contributed by atoms with Crippen molar-refractivity contribution in [2.24, 2.45) is 5.92 Å². The Morgan fingerprint density at radius 3 is 2.72 bits per heavy atom. The zero-order valence-electron chi connectivity index (χ0n) is 18.6. The maximum Gasteiger partial charge on any atom is 0.229 e. The van der Waals surface area contributed by atoms with Crippen molar-refractivity contribution in [2.75, 3.05) is 19.0 Å². The van der Waals surface area contributed by atoms with Gasteiger partial charge in [-0.25, -0.2) is 0 Å². The number of rotatable bonds is 7. The number of aromatic nitrogens is 1. The fraction of sp³-hybridized carbons (Fsp3) is 0.346. The van der Waals surface area contributed by atoms with Crippen molar-refractivity contribution in [1.29, 1.82) is 0 Å². The summed E-state index contributed by atoms with van der Waals surface area (Å²) < 4.78 is 5.30. The smallest absolute Gasteiger partial charge is 0.229 e. The number of nitrogens with one attached hydrogen (secondary N) is 1. The number of likely N-dealkylation sites (tertiary alicyclic amines) is 1. The molecule has 1 aromatic heterocycles. The van der Waals surface area contributed by atoms with Crippen LogP contribution in [0.4, 0.5) is 5.69 Å². The van der Waals surface area contributed by atoms with E-state index >= 15 is 0 Å². The Balaban J connectivity index is 1.67. The third-order valence-electron chi connectivity index (χ3n) is 6.16. The number of benzene rings is 2. The molecule has 4 rings (SSSR count). The normalized spacial score (nSPS) is 18.6. The van der Waals surface area contributed by atoms with Gasteiger partial charge in [-0.05, 0) is 54.8 Å². The molecule has 1 saturated heterocycles. The van der Waals surface area contributed by atoms with Crippen LogP contribution < -0.4 is 10.1 Å². The molecule has 2 atom stereocenters. The molecule has 6 nitrogen and oxygen atoms in total. The molecule has 32 heavy (non-hydrogen) atoms. The lowest BCUT2D eigenvalue weighted by molar-refractivity contribution is -0.142. The van der Waals surface area contributed by atoms with Crippen LogP contribution in [0, 0.1) is 5.92 Å². The molecule has 2 heterocycles. The van der Waals surface area contributed by atoms with Crippen molar-refractivity contribution in [3.8, 4) is 5.75 Å². The zero-order chi connectivity index (χ0) is 22.5. The number of nitrogens with zero attached hydrogens (tertiary/aromatic N) is 2. The highest BCUT2D eigenvalue weighted by molar-refractivity contribution is 6.02. The molecule has 0 aliphatic carbocycles. The number of ether oxygens (including phenoxy) is 1. The van der Waals surface area contributed by atoms with Crippen molar-refractivity contribution < 1.29 is 14.3 Å². The summed E-state index contributed by atoms with van der Waals surface area (Å²) in [5, 5.41) is 4.03. The van der Waals surface area contributed by atoms with Crippen LogP contribution in [-0.2, 0) is 9.59 Å². The van der Waals surface area contributed by atoms with Gasteiger partial charge in [0.1, 0.15) is 5.75 Å². The van der Waals surface area contributed by atoms with E-state index in [1.54, 1.807) is 13.3 Å². The minimum Gasteiger partial charge on any atom is -0.497 e. The highest BCUT2D eigenvalue weighted by atomic mass is 16.5. The molecule has 0 radical (unpaired) electrons. The Morgan fingerprint density at radius 2 is 1.97 bits per heavy atom. The number of hydrogen-bond acceptors (Lipinski definition) is 4. The molecule has 166 valence electrons. The lowest BCUT2D eigenvalue weighted by Crippen LogP contribution is -2.47. The van der Waals surface area contributed by atoms with Crippen molar-refractivity contribution >= 4 is 28.4 Å². The van der Waals surface area contributed by atoms with E-state index in [1.165, 1.54) is 0 Å². The first kappa shape index (κ1) is 21.8. The number of hydrogen-bond donors (Lipinski definition) is 1. The lowest BCUT2D eigenvalue weighted by atomic mass is 9.83. The van der Waals surface area contributed by atoms with E-state index in [2.05, 4.69) is 17.2 Å². The van der Waals surface area contributed by atoms with Gasteiger partial charge in [0.15, 0.2) is 0 Å². The topological polar surface area (TPSA) is 71.5 Å². The van der Waals surface area contributed by atoms with Crippen LogP contribution in [0.2, 0.25) is 0 Å². The number of carbonyl (C=O) groups excluding carboxylic acids is 2. The van der Waals surface area contributed by atoms with Gasteiger partial charge in [-0.1, -0.05) is 31.5 Å². The van der Waals surface area contributed by atoms with Crippen molar-refractivity contribution in [1.82, 2.24) is 9.88 Å². The van der Waals surface area contributed by atoms with Crippen LogP contribution in [0.1, 0.15) is 44.2 Å². The molecule has 2 unspecified atom stereocenters. The van der Waals surface area contributed by atoms with Gasteiger partial charge in [-0.3, -0.25) is 14.6 Å². The third kappa shape index (κ3) is 4.44. The molecule has 1 aliphatic rings. The first-order valence-corrected chi connectivity index (χ1v) is 11.2. The van der Waals surface area contributed by atoms with Gasteiger partial charge in [0, 0.05) is 24.5 Å². The summed E-state index contributed by atoms with van der Waals surface area (Å²) in [6.07, 6.45) is 4.53. The first-order valence-electron chi connectivity index (χ1n) is 11.2. The Bertz CT molecular complexity index is 1090. The molecule has 1 aliphatic heterocycles. The summed E-state index contributed by atoms with van der Waals surface area (Å²) in [5.41, 5.74) is 2.53. The van der Waals surface area contributed by atoms with Crippen molar-refractivity contribution in [2.45, 2.75) is 38.6 Å². The zero-order valence-corrected chi connectivity index (χ0v) is 18.6. The minimum atomic E-state index is -0.343. The van der Waals surface area contributed by atoms with E-state index in [4.69, 9.17) is 4.74 Å². The number of fused-ring (bicyclic) bond motifs is 1. The van der Waals surface area contributed by atoms with Crippen LogP contribution in [-0.4, -0.2) is 35.4 Å². The van der Waals surface area contributed by atoms with Gasteiger partial charge in [0.2, 0.25) is 11.8 Å². The molecule has 0 saturated carbocycles. The molecular formula is C26H29N3O3. The summed E-state index contributed by atoms with van der Waals surface area (Å²) in [5.74, 6) is 0.443. The lowest BCUT2D eigenvalue weighted by Gasteiger charge is -2.41. The van der Waals surface area contributed by atoms with Gasteiger partial charge < -0.3 is 15.0 Å². The predicted molar refractivity (Wildman–Crippen MR) is 125 cm³/mol. The molecular weight excluding hydrogens is 402 g/mol. The maximum atomic E-state index is 13.5. The monoisotopic (exact) mass is 431 g/mol. The Kier molecular flexibility index (Phi) is 6.69. The summed E-state index contributed by atoms with van der Waals surface area (Å²) in [7, 11) is 1.63. The summed E-state index contributed by atoms with van der Waals surface area (Å²) in [6, 6.07) is 16.9. The molecule has 2 aromatic carbocycles. The number of carbonyl (C=O) groups is 2. The van der Waals surface area contributed by atoms with Crippen molar-refractivity contribution in [3.05, 3.63) is 66.4 Å². The molecule has 0 bridgehead atoms. The van der Waals surface area contributed by atoms with Gasteiger partial charge in [0.25, 0.3) is 0 Å². The van der Waals surface area contributed by atoms with Gasteiger partial charge in [0.05, 0.1) is 30.3 Å². The van der Waals surface area contributed by atoms with E-state index in [0.29, 0.717) is 19.4 Å². The Morgan fingerprint density at radius 1 is 1.16 bits per heavy atom. The fourth-order valence-electron chi connectivity index (χ4n) is 4.47. The maximum absolute atomic E-state index is 13.5. The highest BCUT2D eigenvalue weighted by Gasteiger charge is 2.40. The molecule has 1 N–H and O–H groups in total. The third-order valence-corrected chi connectivity index (χ3v) is 6.16. The SMILES string of the molecule is CCCCN1C(=O)CCC(C(=O)Nc2cccc3ncccc23)C1c1ccc(OC)cc1. The molecule has 2 amide bonds. The second-order valence-electron chi connectivity index (χ2n) is 8.17. The van der Waals surface area contributed by atoms with Gasteiger partial charge in [-0.15, -0.1) is 0 Å². The van der Waals surface area contributed by atoms with Crippen LogP contribution >= 0.6 is 0 Å². The number of unbranched alkanes of at least 4 members (excludes halogenated alkanes) is 1. The number of piperidine rings is 1. The standard InChI is InChI=1S/C26H29N3O3/c1-3-4-17-29-24(30)15-14-21(25(29)18-10-12-19(32-2)13-11-18)26(31)28-23-9-5-8-22-20(23)7-6-16-27-22/h5-13,16,21,25H,3-4,14-15,17H2,1-2H3,(H,28,31). The van der Waals surface area contributed by atoms with Crippen LogP contribution in [0.3, 0.4) is 0 Å². The molecule has 3 aromatic rings. The number of pyridine rings is 1. The number of amides is 2. The van der Waals surface area contributed by atoms with Crippen LogP contribution in [0.15, 0.2) is 60.8 Å². The summed E-state index contributed by atoms with van der Waals surface area (Å²) in [4.78, 5) is 32.7. The largest absolute Gasteiger partial charge is 0.497 e. The molecule has 6 heteroatoms. The highest BCUT2D eigenvalue weighted by Crippen LogP contribution is 2.38. The minimum absolute atomic E-state index is 0.0730. The average Bonchev–Trinajstić information content (AvgIpc) is 2.83. The Labute approximate surface area is 188 Å². The second-order valence-corrected chi connectivity index (χ2v) is 8.17. The Hall–Kier alpha value is -3.41. The summed E-state index contributed by atoms with van der Waals surface area (Å²) in [6.45, 7) is 2.75. The molecule has 1 fully saturated rings. The van der Waals surface area contributed by atoms with E-state index in [0.717, 1.165) is 40.7 Å². The van der Waals surface area contributed by atoms with E-state index < -0.39 is 0 Å². The van der Waals surface area contributed by atoms with Gasteiger partial charge >= 0.3 is 0 Å². The quantitative estimate of drug-likeness (QED) is 0.574. The van der Waals surface area contributed by atoms with Crippen LogP contribution in [0.25, 0.3) is 10.9 Å².